The number of anilines is 1. The molecule has 2 aliphatic rings. The van der Waals surface area contributed by atoms with Gasteiger partial charge in [-0.15, -0.1) is 0 Å². The first-order chi connectivity index (χ1) is 13.0. The van der Waals surface area contributed by atoms with Gasteiger partial charge >= 0.3 is 6.18 Å². The predicted octanol–water partition coefficient (Wildman–Crippen LogP) is 5.47. The van der Waals surface area contributed by atoms with Crippen molar-refractivity contribution in [3.05, 3.63) is 59.9 Å². The number of hydrogen-bond donors (Lipinski definition) is 1. The van der Waals surface area contributed by atoms with E-state index in [4.69, 9.17) is 0 Å². The van der Waals surface area contributed by atoms with Gasteiger partial charge in [-0.3, -0.25) is 9.40 Å². The molecule has 0 saturated heterocycles. The maximum absolute atomic E-state index is 12.8. The third-order valence-corrected chi connectivity index (χ3v) is 6.04. The van der Waals surface area contributed by atoms with Crippen molar-refractivity contribution in [2.24, 2.45) is 5.92 Å². The first-order valence-corrected chi connectivity index (χ1v) is 9.43. The van der Waals surface area contributed by atoms with Crippen molar-refractivity contribution in [3.8, 4) is 11.3 Å². The minimum atomic E-state index is -4.33. The molecule has 1 fully saturated rings. The average molecular weight is 388 g/mol. The lowest BCUT2D eigenvalue weighted by Gasteiger charge is -2.36. The van der Waals surface area contributed by atoms with Gasteiger partial charge in [-0.05, 0) is 67.1 Å². The number of H-pyrrole nitrogens is 1. The fraction of sp³-hybridized carbons (Fsp3) is 0.263. The van der Waals surface area contributed by atoms with Crippen molar-refractivity contribution in [3.63, 3.8) is 0 Å². The summed E-state index contributed by atoms with van der Waals surface area (Å²) in [7, 11) is 0. The zero-order chi connectivity index (χ0) is 18.6. The Labute approximate surface area is 157 Å². The van der Waals surface area contributed by atoms with E-state index in [1.807, 2.05) is 18.3 Å². The number of hydrogen-bond acceptors (Lipinski definition) is 4. The molecule has 138 valence electrons. The highest BCUT2D eigenvalue weighted by Crippen LogP contribution is 2.55. The van der Waals surface area contributed by atoms with Gasteiger partial charge in [0.1, 0.15) is 5.82 Å². The molecule has 0 amide bonds. The van der Waals surface area contributed by atoms with E-state index in [0.717, 1.165) is 52.5 Å². The lowest BCUT2D eigenvalue weighted by molar-refractivity contribution is -0.137. The molecule has 1 atom stereocenters. The minimum absolute atomic E-state index is 0.105. The molecule has 1 aliphatic heterocycles. The summed E-state index contributed by atoms with van der Waals surface area (Å²) in [4.78, 5) is 5.32. The van der Waals surface area contributed by atoms with Crippen LogP contribution in [0.2, 0.25) is 0 Å². The first-order valence-electron chi connectivity index (χ1n) is 8.65. The minimum Gasteiger partial charge on any atom is -0.288 e. The molecule has 27 heavy (non-hydrogen) atoms. The number of alkyl halides is 3. The number of aromatic nitrogens is 3. The highest BCUT2D eigenvalue weighted by Gasteiger charge is 2.43. The third kappa shape index (κ3) is 2.88. The van der Waals surface area contributed by atoms with Gasteiger partial charge in [-0.1, -0.05) is 0 Å². The van der Waals surface area contributed by atoms with Gasteiger partial charge < -0.3 is 0 Å². The van der Waals surface area contributed by atoms with E-state index in [1.54, 1.807) is 6.20 Å². The number of benzene rings is 1. The standard InChI is InChI=1S/C19H15F3N4S/c20-19(21,22)12-5-7-13(8-6-12)27-26-17(11-3-4-11)15-10-24-25-16(15)14-2-1-9-23-18(14)26/h1-2,5-11,17H,3-4H2,(H,24,25). The van der Waals surface area contributed by atoms with E-state index in [1.165, 1.54) is 24.1 Å². The number of fused-ring (bicyclic) bond motifs is 3. The highest BCUT2D eigenvalue weighted by atomic mass is 32.2. The summed E-state index contributed by atoms with van der Waals surface area (Å²) in [5, 5.41) is 7.31. The molecule has 2 aromatic heterocycles. The van der Waals surface area contributed by atoms with Crippen LogP contribution in [-0.2, 0) is 6.18 Å². The fourth-order valence-electron chi connectivity index (χ4n) is 3.54. The number of pyridine rings is 1. The molecule has 4 nitrogen and oxygen atoms in total. The van der Waals surface area contributed by atoms with Crippen LogP contribution in [0.3, 0.4) is 0 Å². The van der Waals surface area contributed by atoms with E-state index in [2.05, 4.69) is 19.5 Å². The largest absolute Gasteiger partial charge is 0.416 e. The molecular formula is C19H15F3N4S. The Morgan fingerprint density at radius 3 is 2.59 bits per heavy atom. The molecule has 5 rings (SSSR count). The number of rotatable bonds is 3. The second-order valence-electron chi connectivity index (χ2n) is 6.80. The van der Waals surface area contributed by atoms with Gasteiger partial charge in [0.25, 0.3) is 0 Å². The summed E-state index contributed by atoms with van der Waals surface area (Å²) in [6, 6.07) is 9.26. The van der Waals surface area contributed by atoms with Crippen LogP contribution >= 0.6 is 11.9 Å². The van der Waals surface area contributed by atoms with E-state index < -0.39 is 11.7 Å². The van der Waals surface area contributed by atoms with Gasteiger partial charge in [0.15, 0.2) is 0 Å². The van der Waals surface area contributed by atoms with Crippen molar-refractivity contribution < 1.29 is 13.2 Å². The SMILES string of the molecule is FC(F)(F)c1ccc(SN2c3ncccc3-c3[nH]ncc3C2C2CC2)cc1. The van der Waals surface area contributed by atoms with Gasteiger partial charge in [0.05, 0.1) is 23.5 Å². The van der Waals surface area contributed by atoms with Crippen LogP contribution in [-0.4, -0.2) is 15.2 Å². The smallest absolute Gasteiger partial charge is 0.288 e. The Hall–Kier alpha value is -2.48. The summed E-state index contributed by atoms with van der Waals surface area (Å²) in [6.07, 6.45) is 1.52. The zero-order valence-electron chi connectivity index (χ0n) is 14.1. The van der Waals surface area contributed by atoms with Gasteiger partial charge in [-0.2, -0.15) is 18.3 Å². The summed E-state index contributed by atoms with van der Waals surface area (Å²) >= 11 is 1.43. The summed E-state index contributed by atoms with van der Waals surface area (Å²) in [6.45, 7) is 0. The monoisotopic (exact) mass is 388 g/mol. The maximum Gasteiger partial charge on any atom is 0.416 e. The van der Waals surface area contributed by atoms with Crippen LogP contribution in [0.1, 0.15) is 30.0 Å². The van der Waals surface area contributed by atoms with Crippen molar-refractivity contribution in [1.82, 2.24) is 15.2 Å². The van der Waals surface area contributed by atoms with Crippen LogP contribution in [0.25, 0.3) is 11.3 Å². The zero-order valence-corrected chi connectivity index (χ0v) is 14.9. The molecule has 1 saturated carbocycles. The topological polar surface area (TPSA) is 44.8 Å². The molecule has 3 heterocycles. The fourth-order valence-corrected chi connectivity index (χ4v) is 4.65. The second-order valence-corrected chi connectivity index (χ2v) is 7.84. The lowest BCUT2D eigenvalue weighted by atomic mass is 9.95. The van der Waals surface area contributed by atoms with Gasteiger partial charge in [-0.25, -0.2) is 4.98 Å². The molecule has 1 aromatic carbocycles. The second kappa shape index (κ2) is 6.02. The van der Waals surface area contributed by atoms with Crippen molar-refractivity contribution in [2.75, 3.05) is 4.31 Å². The summed E-state index contributed by atoms with van der Waals surface area (Å²) in [5.41, 5.74) is 2.43. The summed E-state index contributed by atoms with van der Waals surface area (Å²) < 4.78 is 40.7. The quantitative estimate of drug-likeness (QED) is 0.605. The molecule has 1 aliphatic carbocycles. The first kappa shape index (κ1) is 16.7. The predicted molar refractivity (Wildman–Crippen MR) is 97.1 cm³/mol. The number of nitrogens with zero attached hydrogens (tertiary/aromatic N) is 3. The molecule has 0 radical (unpaired) electrons. The lowest BCUT2D eigenvalue weighted by Crippen LogP contribution is -2.28. The number of nitrogens with one attached hydrogen (secondary N) is 1. The molecule has 3 aromatic rings. The Balaban J connectivity index is 1.54. The molecular weight excluding hydrogens is 373 g/mol. The van der Waals surface area contributed by atoms with E-state index >= 15 is 0 Å². The molecule has 0 spiro atoms. The van der Waals surface area contributed by atoms with E-state index in [-0.39, 0.29) is 6.04 Å². The third-order valence-electron chi connectivity index (χ3n) is 4.96. The molecule has 8 heteroatoms. The van der Waals surface area contributed by atoms with Crippen LogP contribution < -0.4 is 4.31 Å². The number of aromatic amines is 1. The number of halogens is 3. The Kier molecular flexibility index (Phi) is 3.72. The van der Waals surface area contributed by atoms with Crippen molar-refractivity contribution in [1.29, 1.82) is 0 Å². The van der Waals surface area contributed by atoms with Crippen LogP contribution in [0, 0.1) is 5.92 Å². The Morgan fingerprint density at radius 1 is 1.11 bits per heavy atom. The van der Waals surface area contributed by atoms with E-state index in [9.17, 15) is 13.2 Å². The van der Waals surface area contributed by atoms with Gasteiger partial charge in [0.2, 0.25) is 0 Å². The van der Waals surface area contributed by atoms with E-state index in [0.29, 0.717) is 5.92 Å². The maximum atomic E-state index is 12.8. The molecule has 0 bridgehead atoms. The van der Waals surface area contributed by atoms with Crippen LogP contribution in [0.4, 0.5) is 19.0 Å². The Bertz CT molecular complexity index is 979. The van der Waals surface area contributed by atoms with Gasteiger partial charge in [0, 0.05) is 22.2 Å². The summed E-state index contributed by atoms with van der Waals surface area (Å²) in [5.74, 6) is 1.31. The Morgan fingerprint density at radius 2 is 1.89 bits per heavy atom. The normalized spacial score (nSPS) is 18.9. The highest BCUT2D eigenvalue weighted by molar-refractivity contribution is 8.00. The molecule has 1 N–H and O–H groups in total. The van der Waals surface area contributed by atoms with Crippen LogP contribution in [0.15, 0.2) is 53.7 Å². The average Bonchev–Trinajstić information content (AvgIpc) is 3.37. The van der Waals surface area contributed by atoms with Crippen LogP contribution in [0.5, 0.6) is 0 Å². The van der Waals surface area contributed by atoms with Crippen molar-refractivity contribution >= 4 is 17.8 Å². The van der Waals surface area contributed by atoms with Crippen molar-refractivity contribution in [2.45, 2.75) is 30.0 Å². The molecule has 1 unspecified atom stereocenters.